The van der Waals surface area contributed by atoms with Crippen LogP contribution in [-0.4, -0.2) is 11.2 Å². The second kappa shape index (κ2) is 5.21. The molecule has 17 heavy (non-hydrogen) atoms. The molecule has 0 spiro atoms. The zero-order valence-electron chi connectivity index (χ0n) is 8.89. The van der Waals surface area contributed by atoms with Crippen LogP contribution in [0.1, 0.15) is 21.5 Å². The average molecular weight is 261 g/mol. The number of ketones is 1. The minimum atomic E-state index is -0.0161. The van der Waals surface area contributed by atoms with E-state index in [2.05, 4.69) is 0 Å². The number of carbonyl (C=O) groups is 1. The largest absolute Gasteiger partial charge is 0.289 e. The Morgan fingerprint density at radius 2 is 1.41 bits per heavy atom. The van der Waals surface area contributed by atoms with Crippen molar-refractivity contribution in [1.82, 2.24) is 0 Å². The number of hydrogen-bond acceptors (Lipinski definition) is 2. The van der Waals surface area contributed by atoms with E-state index < -0.39 is 0 Å². The lowest BCUT2D eigenvalue weighted by atomic mass is 10.0. The van der Waals surface area contributed by atoms with E-state index in [9.17, 15) is 4.79 Å². The first-order valence-corrected chi connectivity index (χ1v) is 5.91. The summed E-state index contributed by atoms with van der Waals surface area (Å²) in [5.41, 5.74) is 2.20. The van der Waals surface area contributed by atoms with Crippen LogP contribution in [0.5, 0.6) is 0 Å². The molecule has 3 heteroatoms. The summed E-state index contributed by atoms with van der Waals surface area (Å²) in [6, 6.07) is 14.1. The first-order valence-electron chi connectivity index (χ1n) is 5.06. The maximum absolute atomic E-state index is 12.1. The summed E-state index contributed by atoms with van der Waals surface area (Å²) in [6.07, 6.45) is 0. The van der Waals surface area contributed by atoms with E-state index >= 15 is 0 Å². The minimum absolute atomic E-state index is 0.0161. The Labute approximate surface area is 110 Å². The lowest BCUT2D eigenvalue weighted by molar-refractivity contribution is 0.103. The molecule has 0 saturated carbocycles. The van der Waals surface area contributed by atoms with Gasteiger partial charge in [0.2, 0.25) is 0 Å². The monoisotopic (exact) mass is 260 g/mol. The summed E-state index contributed by atoms with van der Waals surface area (Å²) in [7, 11) is 0. The van der Waals surface area contributed by atoms with Crippen molar-refractivity contribution in [2.45, 2.75) is 0 Å². The summed E-state index contributed by atoms with van der Waals surface area (Å²) in [6.45, 7) is 0. The van der Waals surface area contributed by atoms with Gasteiger partial charge in [0.05, 0.1) is 0 Å². The number of thiocarbonyl (C=S) groups is 1. The maximum atomic E-state index is 12.1. The van der Waals surface area contributed by atoms with Gasteiger partial charge in [-0.05, 0) is 29.8 Å². The lowest BCUT2D eigenvalue weighted by Crippen LogP contribution is -2.00. The fraction of sp³-hybridized carbons (Fsp3) is 0. The van der Waals surface area contributed by atoms with E-state index in [4.69, 9.17) is 23.8 Å². The van der Waals surface area contributed by atoms with Gasteiger partial charge in [0.15, 0.2) is 5.78 Å². The van der Waals surface area contributed by atoms with Crippen LogP contribution < -0.4 is 0 Å². The molecule has 0 heterocycles. The van der Waals surface area contributed by atoms with E-state index in [1.807, 2.05) is 12.1 Å². The van der Waals surface area contributed by atoms with Gasteiger partial charge in [0, 0.05) is 21.5 Å². The Morgan fingerprint density at radius 1 is 0.941 bits per heavy atom. The maximum Gasteiger partial charge on any atom is 0.193 e. The molecule has 0 bridgehead atoms. The van der Waals surface area contributed by atoms with Crippen LogP contribution in [0.4, 0.5) is 0 Å². The zero-order valence-corrected chi connectivity index (χ0v) is 10.5. The first kappa shape index (κ1) is 12.0. The molecule has 0 unspecified atom stereocenters. The Kier molecular flexibility index (Phi) is 3.67. The van der Waals surface area contributed by atoms with E-state index in [0.717, 1.165) is 5.56 Å². The van der Waals surface area contributed by atoms with Crippen molar-refractivity contribution < 1.29 is 4.79 Å². The van der Waals surface area contributed by atoms with Crippen LogP contribution in [0.3, 0.4) is 0 Å². The molecule has 0 fully saturated rings. The van der Waals surface area contributed by atoms with Gasteiger partial charge in [-0.1, -0.05) is 48.1 Å². The van der Waals surface area contributed by atoms with Crippen LogP contribution in [-0.2, 0) is 0 Å². The van der Waals surface area contributed by atoms with Gasteiger partial charge in [0.25, 0.3) is 0 Å². The number of halogens is 1. The Morgan fingerprint density at radius 3 is 1.88 bits per heavy atom. The highest BCUT2D eigenvalue weighted by Gasteiger charge is 2.08. The molecular formula is C14H9ClOS. The number of rotatable bonds is 3. The van der Waals surface area contributed by atoms with E-state index in [1.165, 1.54) is 0 Å². The number of hydrogen-bond donors (Lipinski definition) is 0. The van der Waals surface area contributed by atoms with Gasteiger partial charge in [-0.3, -0.25) is 4.79 Å². The van der Waals surface area contributed by atoms with E-state index in [-0.39, 0.29) is 5.78 Å². The summed E-state index contributed by atoms with van der Waals surface area (Å²) in [4.78, 5) is 12.1. The van der Waals surface area contributed by atoms with Crippen molar-refractivity contribution in [3.63, 3.8) is 0 Å². The molecule has 0 radical (unpaired) electrons. The molecule has 0 aliphatic rings. The molecule has 2 aromatic carbocycles. The number of benzene rings is 2. The normalized spacial score (nSPS) is 9.94. The summed E-state index contributed by atoms with van der Waals surface area (Å²) < 4.78 is 0. The Hall–Kier alpha value is -1.51. The van der Waals surface area contributed by atoms with Crippen molar-refractivity contribution in [3.05, 3.63) is 70.2 Å². The Bertz CT molecular complexity index is 543. The van der Waals surface area contributed by atoms with Gasteiger partial charge in [-0.2, -0.15) is 0 Å². The summed E-state index contributed by atoms with van der Waals surface area (Å²) in [5, 5.41) is 2.20. The highest BCUT2D eigenvalue weighted by molar-refractivity contribution is 7.79. The number of carbonyl (C=O) groups excluding carboxylic acids is 1. The van der Waals surface area contributed by atoms with Crippen molar-refractivity contribution in [2.24, 2.45) is 0 Å². The molecule has 0 N–H and O–H groups in total. The van der Waals surface area contributed by atoms with E-state index in [0.29, 0.717) is 16.1 Å². The smallest absolute Gasteiger partial charge is 0.193 e. The average Bonchev–Trinajstić information content (AvgIpc) is 2.39. The van der Waals surface area contributed by atoms with Crippen LogP contribution in [0.15, 0.2) is 48.5 Å². The molecule has 0 saturated heterocycles. The quantitative estimate of drug-likeness (QED) is 0.615. The third-order valence-electron chi connectivity index (χ3n) is 2.42. The van der Waals surface area contributed by atoms with Gasteiger partial charge < -0.3 is 0 Å². The van der Waals surface area contributed by atoms with Crippen LogP contribution in [0.2, 0.25) is 5.02 Å². The third-order valence-corrected chi connectivity index (χ3v) is 2.94. The first-order chi connectivity index (χ1) is 8.20. The van der Waals surface area contributed by atoms with Crippen LogP contribution in [0, 0.1) is 0 Å². The summed E-state index contributed by atoms with van der Waals surface area (Å²) >= 11 is 10.6. The molecule has 2 rings (SSSR count). The Balaban J connectivity index is 2.30. The van der Waals surface area contributed by atoms with Gasteiger partial charge in [0.1, 0.15) is 0 Å². The van der Waals surface area contributed by atoms with Crippen molar-refractivity contribution in [2.75, 3.05) is 0 Å². The molecule has 1 nitrogen and oxygen atoms in total. The van der Waals surface area contributed by atoms with Gasteiger partial charge in [-0.25, -0.2) is 0 Å². The predicted octanol–water partition coefficient (Wildman–Crippen LogP) is 3.92. The molecule has 0 atom stereocenters. The van der Waals surface area contributed by atoms with E-state index in [1.54, 1.807) is 41.8 Å². The topological polar surface area (TPSA) is 17.1 Å². The standard InChI is InChI=1S/C14H9ClOS/c15-13-7-5-12(6-8-13)14(16)11-3-1-10(9-17)2-4-11/h1-9H. The highest BCUT2D eigenvalue weighted by Crippen LogP contribution is 2.14. The second-order valence-electron chi connectivity index (χ2n) is 3.58. The lowest BCUT2D eigenvalue weighted by Gasteiger charge is -2.01. The molecule has 0 aliphatic heterocycles. The molecule has 0 aliphatic carbocycles. The van der Waals surface area contributed by atoms with Crippen molar-refractivity contribution in [1.29, 1.82) is 0 Å². The second-order valence-corrected chi connectivity index (χ2v) is 4.25. The SMILES string of the molecule is O=C(c1ccc(Cl)cc1)c1ccc(C=S)cc1. The van der Waals surface area contributed by atoms with Gasteiger partial charge >= 0.3 is 0 Å². The van der Waals surface area contributed by atoms with Crippen LogP contribution in [0.25, 0.3) is 0 Å². The van der Waals surface area contributed by atoms with Crippen molar-refractivity contribution >= 4 is 35.0 Å². The molecule has 84 valence electrons. The third kappa shape index (κ3) is 2.78. The predicted molar refractivity (Wildman–Crippen MR) is 74.1 cm³/mol. The summed E-state index contributed by atoms with van der Waals surface area (Å²) in [5.74, 6) is -0.0161. The van der Waals surface area contributed by atoms with Crippen LogP contribution >= 0.6 is 23.8 Å². The van der Waals surface area contributed by atoms with Gasteiger partial charge in [-0.15, -0.1) is 0 Å². The fourth-order valence-corrected chi connectivity index (χ4v) is 1.76. The fourth-order valence-electron chi connectivity index (χ4n) is 1.48. The minimum Gasteiger partial charge on any atom is -0.289 e. The zero-order chi connectivity index (χ0) is 12.3. The molecule has 2 aromatic rings. The molecule has 0 aromatic heterocycles. The highest BCUT2D eigenvalue weighted by atomic mass is 35.5. The van der Waals surface area contributed by atoms with Crippen molar-refractivity contribution in [3.8, 4) is 0 Å². The molecule has 0 amide bonds. The molecular weight excluding hydrogens is 252 g/mol.